The van der Waals surface area contributed by atoms with Crippen LogP contribution in [0.25, 0.3) is 41.8 Å². The molecular weight excluding hydrogens is 591 g/mol. The van der Waals surface area contributed by atoms with Crippen LogP contribution in [0.4, 0.5) is 0 Å². The summed E-state index contributed by atoms with van der Waals surface area (Å²) in [5, 5.41) is 13.9. The zero-order valence-corrected chi connectivity index (χ0v) is 26.9. The van der Waals surface area contributed by atoms with Crippen LogP contribution in [0.1, 0.15) is 0 Å². The van der Waals surface area contributed by atoms with Crippen LogP contribution >= 0.6 is 43.2 Å². The molecule has 0 saturated heterocycles. The molecule has 0 radical (unpaired) electrons. The van der Waals surface area contributed by atoms with Gasteiger partial charge in [-0.05, 0) is 22.1 Å². The molecule has 6 atom stereocenters. The minimum Gasteiger partial charge on any atom is -0.772 e. The van der Waals surface area contributed by atoms with Crippen LogP contribution in [-0.4, -0.2) is 76.2 Å². The summed E-state index contributed by atoms with van der Waals surface area (Å²) >= 11 is -4.66. The van der Waals surface area contributed by atoms with Crippen molar-refractivity contribution in [2.24, 2.45) is 20.5 Å². The second-order valence-electron chi connectivity index (χ2n) is 5.26. The first-order chi connectivity index (χ1) is 15.4. The maximum atomic E-state index is 11.0. The van der Waals surface area contributed by atoms with E-state index in [1.165, 1.54) is 43.2 Å². The number of azide groups is 4. The van der Waals surface area contributed by atoms with Crippen LogP contribution in [0.15, 0.2) is 20.5 Å². The van der Waals surface area contributed by atoms with Crippen molar-refractivity contribution in [3.63, 3.8) is 0 Å². The van der Waals surface area contributed by atoms with Gasteiger partial charge in [0.05, 0.1) is 29.9 Å². The largest absolute Gasteiger partial charge is 1.00 e. The number of hydrogen-bond acceptors (Lipinski definition) is 11. The Labute approximate surface area is 259 Å². The van der Waals surface area contributed by atoms with Gasteiger partial charge in [0.15, 0.2) is 11.1 Å². The maximum absolute atomic E-state index is 11.0. The molecule has 16 nitrogen and oxygen atoms in total. The Kier molecular flexibility index (Phi) is 31.2. The zero-order valence-electron chi connectivity index (χ0n) is 18.0. The molecule has 0 aliphatic rings. The van der Waals surface area contributed by atoms with Crippen molar-refractivity contribution in [3.05, 3.63) is 41.8 Å². The average Bonchev–Trinajstić information content (AvgIpc) is 2.72. The van der Waals surface area contributed by atoms with Gasteiger partial charge in [0.1, 0.15) is 0 Å². The van der Waals surface area contributed by atoms with Crippen LogP contribution in [0.3, 0.4) is 0 Å². The van der Waals surface area contributed by atoms with Crippen LogP contribution < -0.4 is 59.1 Å². The average molecular weight is 608 g/mol. The van der Waals surface area contributed by atoms with E-state index in [9.17, 15) is 13.0 Å². The summed E-state index contributed by atoms with van der Waals surface area (Å²) in [5.74, 6) is 1.07. The van der Waals surface area contributed by atoms with Gasteiger partial charge in [-0.1, -0.05) is 74.7 Å². The molecule has 0 aromatic carbocycles. The van der Waals surface area contributed by atoms with E-state index in [2.05, 4.69) is 40.1 Å². The van der Waals surface area contributed by atoms with Gasteiger partial charge in [0.2, 0.25) is 0 Å². The molecular formula is C10H17N12Na2O4S6+. The molecule has 0 aliphatic carbocycles. The van der Waals surface area contributed by atoms with Gasteiger partial charge in [-0.3, -0.25) is 4.21 Å². The van der Waals surface area contributed by atoms with Crippen molar-refractivity contribution in [1.29, 1.82) is 0 Å². The fourth-order valence-electron chi connectivity index (χ4n) is 1.86. The van der Waals surface area contributed by atoms with Crippen molar-refractivity contribution >= 4 is 65.3 Å². The van der Waals surface area contributed by atoms with Crippen LogP contribution in [0.5, 0.6) is 0 Å². The van der Waals surface area contributed by atoms with E-state index in [1.807, 2.05) is 0 Å². The predicted molar refractivity (Wildman–Crippen MR) is 131 cm³/mol. The Hall–Kier alpha value is 0.860. The Morgan fingerprint density at radius 1 is 0.706 bits per heavy atom. The first-order valence-corrected chi connectivity index (χ1v) is 15.7. The summed E-state index contributed by atoms with van der Waals surface area (Å²) in [6.45, 7) is 0. The van der Waals surface area contributed by atoms with Crippen molar-refractivity contribution < 1.29 is 76.6 Å². The zero-order chi connectivity index (χ0) is 24.2. The summed E-state index contributed by atoms with van der Waals surface area (Å²) in [6, 6.07) is -3.53. The molecule has 0 rings (SSSR count). The third kappa shape index (κ3) is 21.0. The molecule has 0 saturated carbocycles. The molecule has 0 heterocycles. The Morgan fingerprint density at radius 2 is 1.06 bits per heavy atom. The second kappa shape index (κ2) is 26.9. The third-order valence-corrected chi connectivity index (χ3v) is 9.55. The molecule has 24 heteroatoms. The normalized spacial score (nSPS) is 15.0. The topological polar surface area (TPSA) is 272 Å². The van der Waals surface area contributed by atoms with E-state index in [1.54, 1.807) is 0 Å². The SMILES string of the molecule is [N-]=[N+]=N[C@H](CSSCCSSC[C@@H](N=[N+]=[N-])[C@@H](CS(=O)O)N=[N+]=[N-])[C@@H](CS(=O)[O-])N=[N+]=[N-].[Na+].[Na+]. The van der Waals surface area contributed by atoms with Gasteiger partial charge in [-0.25, -0.2) is 4.21 Å². The minimum absolute atomic E-state index is 0. The summed E-state index contributed by atoms with van der Waals surface area (Å²) < 4.78 is 41.7. The van der Waals surface area contributed by atoms with Crippen LogP contribution in [0, 0.1) is 0 Å². The smallest absolute Gasteiger partial charge is 0.772 e. The third-order valence-electron chi connectivity index (χ3n) is 3.20. The van der Waals surface area contributed by atoms with Gasteiger partial charge in [-0.2, -0.15) is 0 Å². The van der Waals surface area contributed by atoms with Crippen LogP contribution in [-0.2, 0) is 22.2 Å². The first kappa shape index (κ1) is 39.4. The predicted octanol–water partition coefficient (Wildman–Crippen LogP) is -1.43. The van der Waals surface area contributed by atoms with Gasteiger partial charge in [0.25, 0.3) is 0 Å². The van der Waals surface area contributed by atoms with Gasteiger partial charge in [0, 0.05) is 48.4 Å². The van der Waals surface area contributed by atoms with Crippen molar-refractivity contribution in [3.8, 4) is 0 Å². The molecule has 0 amide bonds. The molecule has 0 aromatic rings. The van der Waals surface area contributed by atoms with Crippen molar-refractivity contribution in [1.82, 2.24) is 0 Å². The Morgan fingerprint density at radius 3 is 1.38 bits per heavy atom. The molecule has 0 aliphatic heterocycles. The molecule has 0 aromatic heterocycles. The fraction of sp³-hybridized carbons (Fsp3) is 1.00. The fourth-order valence-corrected chi connectivity index (χ4v) is 8.18. The second-order valence-corrected chi connectivity index (χ2v) is 12.4. The monoisotopic (exact) mass is 607 g/mol. The van der Waals surface area contributed by atoms with Crippen LogP contribution in [0.2, 0.25) is 0 Å². The van der Waals surface area contributed by atoms with Crippen molar-refractivity contribution in [2.75, 3.05) is 34.5 Å². The molecule has 0 spiro atoms. The number of rotatable bonds is 19. The van der Waals surface area contributed by atoms with E-state index < -0.39 is 52.1 Å². The van der Waals surface area contributed by atoms with E-state index in [4.69, 9.17) is 26.7 Å². The van der Waals surface area contributed by atoms with E-state index in [0.29, 0.717) is 11.5 Å². The summed E-state index contributed by atoms with van der Waals surface area (Å²) in [7, 11) is 5.58. The summed E-state index contributed by atoms with van der Waals surface area (Å²) in [5.41, 5.74) is 34.5. The standard InChI is InChI=1S/C10H18N12O4S6.2Na/c11-19-15-7(9(17-21-13)5-31(23)24)3-29-27-1-2-28-30-4-8(16-20-12)10(18-22-14)6-32(25)26;;/h7-10H,1-6H2,(H,23,24)(H,25,26);;/q;2*+1/p-1/t7-,8-,9-,10-;;/m1../s1. The first-order valence-electron chi connectivity index (χ1n) is 8.18. The van der Waals surface area contributed by atoms with Crippen molar-refractivity contribution in [2.45, 2.75) is 24.2 Å². The van der Waals surface area contributed by atoms with Gasteiger partial charge < -0.3 is 9.11 Å². The molecule has 1 N–H and O–H groups in total. The van der Waals surface area contributed by atoms with Gasteiger partial charge >= 0.3 is 59.1 Å². The quantitative estimate of drug-likeness (QED) is 0.0345. The summed E-state index contributed by atoms with van der Waals surface area (Å²) in [4.78, 5) is 10.6. The molecule has 34 heavy (non-hydrogen) atoms. The molecule has 0 bridgehead atoms. The number of hydrogen-bond donors (Lipinski definition) is 1. The molecule has 2 unspecified atom stereocenters. The maximum Gasteiger partial charge on any atom is 1.00 e. The molecule has 178 valence electrons. The number of nitrogens with zero attached hydrogens (tertiary/aromatic N) is 12. The van der Waals surface area contributed by atoms with E-state index in [-0.39, 0.29) is 76.4 Å². The Balaban J connectivity index is -0.00000480. The minimum atomic E-state index is -2.46. The Bertz CT molecular complexity index is 755. The van der Waals surface area contributed by atoms with Gasteiger partial charge in [-0.15, -0.1) is 0 Å². The molecule has 0 fully saturated rings. The van der Waals surface area contributed by atoms with E-state index in [0.717, 1.165) is 0 Å². The summed E-state index contributed by atoms with van der Waals surface area (Å²) in [6.07, 6.45) is 0. The van der Waals surface area contributed by atoms with E-state index >= 15 is 0 Å².